The quantitative estimate of drug-likeness (QED) is 0.786. The molecule has 0 spiro atoms. The summed E-state index contributed by atoms with van der Waals surface area (Å²) in [6, 6.07) is 10.5. The third kappa shape index (κ3) is 4.64. The van der Waals surface area contributed by atoms with Crippen LogP contribution in [-0.4, -0.2) is 11.5 Å². The molecule has 0 unspecified atom stereocenters. The van der Waals surface area contributed by atoms with Gasteiger partial charge in [-0.3, -0.25) is 4.98 Å². The highest BCUT2D eigenvalue weighted by Crippen LogP contribution is 2.32. The van der Waals surface area contributed by atoms with E-state index in [0.717, 1.165) is 24.0 Å². The van der Waals surface area contributed by atoms with Gasteiger partial charge in [-0.1, -0.05) is 40.7 Å². The standard InChI is InChI=1S/C15H17BrN2S/c1-2-7-18-11-12-3-4-13(16)10-15(12)19-14-5-8-17-9-6-14/h3-6,8-10,18H,2,7,11H2,1H3. The zero-order valence-corrected chi connectivity index (χ0v) is 13.3. The number of rotatable bonds is 6. The van der Waals surface area contributed by atoms with Crippen molar-refractivity contribution in [3.63, 3.8) is 0 Å². The molecule has 0 aliphatic rings. The molecule has 1 aromatic carbocycles. The van der Waals surface area contributed by atoms with Gasteiger partial charge in [0.1, 0.15) is 0 Å². The largest absolute Gasteiger partial charge is 0.313 e. The minimum absolute atomic E-state index is 0.911. The predicted molar refractivity (Wildman–Crippen MR) is 84.5 cm³/mol. The highest BCUT2D eigenvalue weighted by molar-refractivity contribution is 9.10. The van der Waals surface area contributed by atoms with Gasteiger partial charge in [0.2, 0.25) is 0 Å². The summed E-state index contributed by atoms with van der Waals surface area (Å²) in [5, 5.41) is 3.46. The monoisotopic (exact) mass is 336 g/mol. The molecule has 1 heterocycles. The summed E-state index contributed by atoms with van der Waals surface area (Å²) in [6.07, 6.45) is 4.81. The number of hydrogen-bond donors (Lipinski definition) is 1. The van der Waals surface area contributed by atoms with E-state index < -0.39 is 0 Å². The molecule has 0 bridgehead atoms. The number of benzene rings is 1. The molecule has 2 rings (SSSR count). The Morgan fingerprint density at radius 1 is 1.21 bits per heavy atom. The summed E-state index contributed by atoms with van der Waals surface area (Å²) >= 11 is 5.32. The van der Waals surface area contributed by atoms with Crippen molar-refractivity contribution in [1.82, 2.24) is 10.3 Å². The second-order valence-electron chi connectivity index (χ2n) is 4.21. The molecule has 0 radical (unpaired) electrons. The van der Waals surface area contributed by atoms with E-state index in [4.69, 9.17) is 0 Å². The Morgan fingerprint density at radius 2 is 2.00 bits per heavy atom. The number of pyridine rings is 1. The fourth-order valence-corrected chi connectivity index (χ4v) is 3.18. The zero-order chi connectivity index (χ0) is 13.5. The molecule has 100 valence electrons. The lowest BCUT2D eigenvalue weighted by Gasteiger charge is -2.10. The molecule has 0 fully saturated rings. The first-order valence-electron chi connectivity index (χ1n) is 6.36. The topological polar surface area (TPSA) is 24.9 Å². The zero-order valence-electron chi connectivity index (χ0n) is 10.9. The molecule has 2 aromatic rings. The van der Waals surface area contributed by atoms with Gasteiger partial charge in [0.25, 0.3) is 0 Å². The van der Waals surface area contributed by atoms with Crippen LogP contribution in [0.1, 0.15) is 18.9 Å². The molecule has 1 aromatic heterocycles. The summed E-state index contributed by atoms with van der Waals surface area (Å²) < 4.78 is 1.11. The van der Waals surface area contributed by atoms with E-state index in [2.05, 4.69) is 51.4 Å². The van der Waals surface area contributed by atoms with Crippen LogP contribution in [-0.2, 0) is 6.54 Å². The Balaban J connectivity index is 2.15. The van der Waals surface area contributed by atoms with Gasteiger partial charge in [-0.2, -0.15) is 0 Å². The van der Waals surface area contributed by atoms with Crippen LogP contribution in [0.15, 0.2) is 57.0 Å². The Kier molecular flexibility index (Phi) is 5.89. The predicted octanol–water partition coefficient (Wildman–Crippen LogP) is 4.49. The highest BCUT2D eigenvalue weighted by atomic mass is 79.9. The van der Waals surface area contributed by atoms with Crippen molar-refractivity contribution in [3.05, 3.63) is 52.8 Å². The van der Waals surface area contributed by atoms with Crippen LogP contribution in [0.3, 0.4) is 0 Å². The number of halogens is 1. The van der Waals surface area contributed by atoms with E-state index in [0.29, 0.717) is 0 Å². The third-order valence-corrected chi connectivity index (χ3v) is 4.25. The maximum Gasteiger partial charge on any atom is 0.0279 e. The van der Waals surface area contributed by atoms with Crippen LogP contribution in [0.5, 0.6) is 0 Å². The average Bonchev–Trinajstić information content (AvgIpc) is 2.43. The lowest BCUT2D eigenvalue weighted by molar-refractivity contribution is 0.669. The molecule has 2 nitrogen and oxygen atoms in total. The van der Waals surface area contributed by atoms with Gasteiger partial charge in [0, 0.05) is 33.2 Å². The summed E-state index contributed by atoms with van der Waals surface area (Å²) in [7, 11) is 0. The van der Waals surface area contributed by atoms with E-state index in [1.165, 1.54) is 15.4 Å². The van der Waals surface area contributed by atoms with E-state index >= 15 is 0 Å². The smallest absolute Gasteiger partial charge is 0.0279 e. The van der Waals surface area contributed by atoms with Crippen molar-refractivity contribution >= 4 is 27.7 Å². The lowest BCUT2D eigenvalue weighted by Crippen LogP contribution is -2.14. The van der Waals surface area contributed by atoms with Crippen molar-refractivity contribution in [2.45, 2.75) is 29.7 Å². The molecule has 0 atom stereocenters. The van der Waals surface area contributed by atoms with Crippen molar-refractivity contribution in [2.24, 2.45) is 0 Å². The van der Waals surface area contributed by atoms with E-state index in [1.807, 2.05) is 24.5 Å². The molecule has 0 aliphatic heterocycles. The molecule has 4 heteroatoms. The molecule has 0 aliphatic carbocycles. The van der Waals surface area contributed by atoms with E-state index in [9.17, 15) is 0 Å². The van der Waals surface area contributed by atoms with E-state index in [-0.39, 0.29) is 0 Å². The summed E-state index contributed by atoms with van der Waals surface area (Å²) in [5.41, 5.74) is 1.33. The SMILES string of the molecule is CCCNCc1ccc(Br)cc1Sc1ccncc1. The Morgan fingerprint density at radius 3 is 2.74 bits per heavy atom. The number of nitrogens with one attached hydrogen (secondary N) is 1. The van der Waals surface area contributed by atoms with Crippen molar-refractivity contribution in [3.8, 4) is 0 Å². The first kappa shape index (κ1) is 14.6. The van der Waals surface area contributed by atoms with Crippen molar-refractivity contribution < 1.29 is 0 Å². The van der Waals surface area contributed by atoms with Crippen LogP contribution in [0.2, 0.25) is 0 Å². The number of aromatic nitrogens is 1. The summed E-state index contributed by atoms with van der Waals surface area (Å²) in [5.74, 6) is 0. The molecule has 0 saturated carbocycles. The maximum absolute atomic E-state index is 4.05. The molecule has 1 N–H and O–H groups in total. The first-order chi connectivity index (χ1) is 9.29. The number of hydrogen-bond acceptors (Lipinski definition) is 3. The Hall–Kier alpha value is -0.840. The van der Waals surface area contributed by atoms with Crippen LogP contribution >= 0.6 is 27.7 Å². The van der Waals surface area contributed by atoms with Gasteiger partial charge < -0.3 is 5.32 Å². The molecule has 0 saturated heterocycles. The van der Waals surface area contributed by atoms with Gasteiger partial charge >= 0.3 is 0 Å². The Labute approximate surface area is 127 Å². The summed E-state index contributed by atoms with van der Waals surface area (Å²) in [6.45, 7) is 4.14. The first-order valence-corrected chi connectivity index (χ1v) is 7.97. The fraction of sp³-hybridized carbons (Fsp3) is 0.267. The highest BCUT2D eigenvalue weighted by Gasteiger charge is 2.05. The van der Waals surface area contributed by atoms with Crippen LogP contribution in [0.25, 0.3) is 0 Å². The second-order valence-corrected chi connectivity index (χ2v) is 6.24. The maximum atomic E-state index is 4.05. The van der Waals surface area contributed by atoms with Gasteiger partial charge in [-0.15, -0.1) is 0 Å². The van der Waals surface area contributed by atoms with E-state index in [1.54, 1.807) is 11.8 Å². The second kappa shape index (κ2) is 7.68. The number of nitrogens with zero attached hydrogens (tertiary/aromatic N) is 1. The van der Waals surface area contributed by atoms with Gasteiger partial charge in [0.15, 0.2) is 0 Å². The molecular weight excluding hydrogens is 320 g/mol. The van der Waals surface area contributed by atoms with Crippen molar-refractivity contribution in [1.29, 1.82) is 0 Å². The van der Waals surface area contributed by atoms with Gasteiger partial charge in [0.05, 0.1) is 0 Å². The Bertz CT molecular complexity index is 517. The van der Waals surface area contributed by atoms with Gasteiger partial charge in [-0.05, 0) is 42.8 Å². The molecular formula is C15H17BrN2S. The van der Waals surface area contributed by atoms with Crippen LogP contribution in [0.4, 0.5) is 0 Å². The average molecular weight is 337 g/mol. The minimum atomic E-state index is 0.911. The van der Waals surface area contributed by atoms with Crippen LogP contribution < -0.4 is 5.32 Å². The van der Waals surface area contributed by atoms with Crippen LogP contribution in [0, 0.1) is 0 Å². The van der Waals surface area contributed by atoms with Crippen molar-refractivity contribution in [2.75, 3.05) is 6.54 Å². The normalized spacial score (nSPS) is 10.6. The molecule has 19 heavy (non-hydrogen) atoms. The third-order valence-electron chi connectivity index (χ3n) is 2.65. The minimum Gasteiger partial charge on any atom is -0.313 e. The lowest BCUT2D eigenvalue weighted by atomic mass is 10.2. The summed E-state index contributed by atoms with van der Waals surface area (Å²) in [4.78, 5) is 6.55. The molecule has 0 amide bonds. The fourth-order valence-electron chi connectivity index (χ4n) is 1.70. The van der Waals surface area contributed by atoms with Gasteiger partial charge in [-0.25, -0.2) is 0 Å².